The average molecular weight is 253 g/mol. The summed E-state index contributed by atoms with van der Waals surface area (Å²) in [6, 6.07) is 12.0. The Kier molecular flexibility index (Phi) is 3.10. The minimum Gasteiger partial charge on any atom is -0.384 e. The second-order valence-corrected chi connectivity index (χ2v) is 4.40. The number of rotatable bonds is 4. The van der Waals surface area contributed by atoms with Crippen LogP contribution in [0, 0.1) is 6.92 Å². The molecule has 2 heterocycles. The van der Waals surface area contributed by atoms with Crippen molar-refractivity contribution in [3.8, 4) is 0 Å². The maximum atomic E-state index is 4.25. The molecule has 2 aromatic heterocycles. The molecule has 1 aromatic carbocycles. The van der Waals surface area contributed by atoms with Crippen molar-refractivity contribution in [1.29, 1.82) is 0 Å². The molecule has 3 aromatic rings. The van der Waals surface area contributed by atoms with Crippen LogP contribution in [0.15, 0.2) is 42.6 Å². The van der Waals surface area contributed by atoms with Crippen molar-refractivity contribution in [3.63, 3.8) is 0 Å². The van der Waals surface area contributed by atoms with E-state index in [0.29, 0.717) is 0 Å². The Balaban J connectivity index is 1.68. The first-order valence-electron chi connectivity index (χ1n) is 6.29. The highest BCUT2D eigenvalue weighted by Crippen LogP contribution is 2.12. The average Bonchev–Trinajstić information content (AvgIpc) is 2.85. The first-order chi connectivity index (χ1) is 9.34. The lowest BCUT2D eigenvalue weighted by Crippen LogP contribution is -2.09. The summed E-state index contributed by atoms with van der Waals surface area (Å²) in [5.74, 6) is 0.872. The molecule has 0 fully saturated rings. The zero-order chi connectivity index (χ0) is 13.1. The van der Waals surface area contributed by atoms with E-state index in [4.69, 9.17) is 0 Å². The molecule has 0 amide bonds. The van der Waals surface area contributed by atoms with E-state index >= 15 is 0 Å². The van der Waals surface area contributed by atoms with Crippen LogP contribution in [0.1, 0.15) is 11.4 Å². The number of hydrogen-bond acceptors (Lipinski definition) is 4. The van der Waals surface area contributed by atoms with Gasteiger partial charge in [-0.15, -0.1) is 10.2 Å². The van der Waals surface area contributed by atoms with E-state index in [1.807, 2.05) is 24.3 Å². The molecule has 5 nitrogen and oxygen atoms in total. The van der Waals surface area contributed by atoms with E-state index in [0.717, 1.165) is 30.1 Å². The monoisotopic (exact) mass is 253 g/mol. The molecule has 0 atom stereocenters. The van der Waals surface area contributed by atoms with Gasteiger partial charge in [-0.2, -0.15) is 9.61 Å². The number of anilines is 1. The Bertz CT molecular complexity index is 689. The summed E-state index contributed by atoms with van der Waals surface area (Å²) in [6.07, 6.45) is 2.53. The van der Waals surface area contributed by atoms with Crippen molar-refractivity contribution in [2.45, 2.75) is 13.3 Å². The van der Waals surface area contributed by atoms with E-state index in [2.05, 4.69) is 39.7 Å². The van der Waals surface area contributed by atoms with Crippen LogP contribution >= 0.6 is 0 Å². The lowest BCUT2D eigenvalue weighted by atomic mass is 10.2. The van der Waals surface area contributed by atoms with Gasteiger partial charge in [0, 0.05) is 24.8 Å². The second kappa shape index (κ2) is 5.06. The quantitative estimate of drug-likeness (QED) is 0.773. The van der Waals surface area contributed by atoms with Gasteiger partial charge < -0.3 is 5.32 Å². The molecule has 0 aliphatic heterocycles. The van der Waals surface area contributed by atoms with Crippen molar-refractivity contribution in [2.24, 2.45) is 0 Å². The highest BCUT2D eigenvalue weighted by Gasteiger charge is 2.05. The van der Waals surface area contributed by atoms with Gasteiger partial charge in [-0.1, -0.05) is 18.2 Å². The van der Waals surface area contributed by atoms with Crippen LogP contribution < -0.4 is 5.32 Å². The SMILES string of the molecule is Cc1ccccc1NCCc1nnc2cccnn12. The predicted octanol–water partition coefficient (Wildman–Crippen LogP) is 2.09. The molecule has 0 radical (unpaired) electrons. The van der Waals surface area contributed by atoms with Crippen molar-refractivity contribution in [3.05, 3.63) is 54.0 Å². The Morgan fingerprint density at radius 3 is 2.89 bits per heavy atom. The first-order valence-corrected chi connectivity index (χ1v) is 6.29. The fourth-order valence-electron chi connectivity index (χ4n) is 2.03. The number of benzene rings is 1. The van der Waals surface area contributed by atoms with Crippen LogP contribution in [0.5, 0.6) is 0 Å². The second-order valence-electron chi connectivity index (χ2n) is 4.40. The minimum atomic E-state index is 0.784. The number of nitrogens with one attached hydrogen (secondary N) is 1. The van der Waals surface area contributed by atoms with Crippen LogP contribution in [0.3, 0.4) is 0 Å². The van der Waals surface area contributed by atoms with Crippen molar-refractivity contribution in [1.82, 2.24) is 19.8 Å². The molecule has 96 valence electrons. The summed E-state index contributed by atoms with van der Waals surface area (Å²) < 4.78 is 1.78. The first kappa shape index (κ1) is 11.6. The smallest absolute Gasteiger partial charge is 0.177 e. The fraction of sp³-hybridized carbons (Fsp3) is 0.214. The summed E-state index contributed by atoms with van der Waals surface area (Å²) >= 11 is 0. The number of nitrogens with zero attached hydrogens (tertiary/aromatic N) is 4. The van der Waals surface area contributed by atoms with Gasteiger partial charge in [0.25, 0.3) is 0 Å². The molecule has 0 aliphatic carbocycles. The van der Waals surface area contributed by atoms with Crippen LogP contribution in [0.2, 0.25) is 0 Å². The molecule has 0 saturated carbocycles. The normalized spacial score (nSPS) is 10.8. The van der Waals surface area contributed by atoms with E-state index in [-0.39, 0.29) is 0 Å². The summed E-state index contributed by atoms with van der Waals surface area (Å²) in [7, 11) is 0. The molecular weight excluding hydrogens is 238 g/mol. The number of para-hydroxylation sites is 1. The van der Waals surface area contributed by atoms with E-state index < -0.39 is 0 Å². The molecule has 0 aliphatic rings. The van der Waals surface area contributed by atoms with Crippen LogP contribution in [-0.2, 0) is 6.42 Å². The number of hydrogen-bond donors (Lipinski definition) is 1. The fourth-order valence-corrected chi connectivity index (χ4v) is 2.03. The van der Waals surface area contributed by atoms with E-state index in [1.165, 1.54) is 5.56 Å². The Hall–Kier alpha value is -2.43. The summed E-state index contributed by atoms with van der Waals surface area (Å²) in [4.78, 5) is 0. The topological polar surface area (TPSA) is 55.1 Å². The molecular formula is C14H15N5. The third-order valence-electron chi connectivity index (χ3n) is 3.05. The van der Waals surface area contributed by atoms with Crippen molar-refractivity contribution >= 4 is 11.3 Å². The zero-order valence-corrected chi connectivity index (χ0v) is 10.7. The molecule has 1 N–H and O–H groups in total. The third kappa shape index (κ3) is 2.40. The molecule has 19 heavy (non-hydrogen) atoms. The molecule has 3 rings (SSSR count). The van der Waals surface area contributed by atoms with Crippen LogP contribution in [0.4, 0.5) is 5.69 Å². The van der Waals surface area contributed by atoms with E-state index in [1.54, 1.807) is 10.7 Å². The molecule has 0 saturated heterocycles. The van der Waals surface area contributed by atoms with Gasteiger partial charge >= 0.3 is 0 Å². The summed E-state index contributed by atoms with van der Waals surface area (Å²) in [5.41, 5.74) is 3.18. The zero-order valence-electron chi connectivity index (χ0n) is 10.7. The molecule has 5 heteroatoms. The van der Waals surface area contributed by atoms with Gasteiger partial charge in [-0.3, -0.25) is 0 Å². The summed E-state index contributed by atoms with van der Waals surface area (Å²) in [6.45, 7) is 2.90. The maximum Gasteiger partial charge on any atom is 0.177 e. The Morgan fingerprint density at radius 2 is 2.00 bits per heavy atom. The standard InChI is InChI=1S/C14H15N5/c1-11-5-2-3-6-12(11)15-10-8-14-18-17-13-7-4-9-16-19(13)14/h2-7,9,15H,8,10H2,1H3. The lowest BCUT2D eigenvalue weighted by Gasteiger charge is -2.08. The van der Waals surface area contributed by atoms with Gasteiger partial charge in [0.1, 0.15) is 0 Å². The number of aromatic nitrogens is 4. The maximum absolute atomic E-state index is 4.25. The van der Waals surface area contributed by atoms with Gasteiger partial charge in [-0.05, 0) is 30.7 Å². The third-order valence-corrected chi connectivity index (χ3v) is 3.05. The van der Waals surface area contributed by atoms with Gasteiger partial charge in [-0.25, -0.2) is 0 Å². The van der Waals surface area contributed by atoms with Crippen LogP contribution in [0.25, 0.3) is 5.65 Å². The number of fused-ring (bicyclic) bond motifs is 1. The predicted molar refractivity (Wildman–Crippen MR) is 74.2 cm³/mol. The van der Waals surface area contributed by atoms with Gasteiger partial charge in [0.05, 0.1) is 0 Å². The lowest BCUT2D eigenvalue weighted by molar-refractivity contribution is 0.803. The Labute approximate surface area is 111 Å². The van der Waals surface area contributed by atoms with E-state index in [9.17, 15) is 0 Å². The highest BCUT2D eigenvalue weighted by atomic mass is 15.4. The minimum absolute atomic E-state index is 0.784. The largest absolute Gasteiger partial charge is 0.384 e. The van der Waals surface area contributed by atoms with Crippen molar-refractivity contribution in [2.75, 3.05) is 11.9 Å². The molecule has 0 bridgehead atoms. The van der Waals surface area contributed by atoms with Crippen LogP contribution in [-0.4, -0.2) is 26.4 Å². The summed E-state index contributed by atoms with van der Waals surface area (Å²) in [5, 5.41) is 15.9. The van der Waals surface area contributed by atoms with Crippen molar-refractivity contribution < 1.29 is 0 Å². The molecule has 0 spiro atoms. The Morgan fingerprint density at radius 1 is 1.11 bits per heavy atom. The number of aryl methyl sites for hydroxylation is 1. The molecule has 0 unspecified atom stereocenters. The van der Waals surface area contributed by atoms with Gasteiger partial charge in [0.2, 0.25) is 0 Å². The van der Waals surface area contributed by atoms with Gasteiger partial charge in [0.15, 0.2) is 11.5 Å². The highest BCUT2D eigenvalue weighted by molar-refractivity contribution is 5.50.